The minimum absolute atomic E-state index is 0.0682. The number of benzene rings is 3. The van der Waals surface area contributed by atoms with Gasteiger partial charge in [0.15, 0.2) is 0 Å². The van der Waals surface area contributed by atoms with Crippen LogP contribution < -0.4 is 5.32 Å². The fraction of sp³-hybridized carbons (Fsp3) is 0.167. The zero-order valence-electron chi connectivity index (χ0n) is 16.4. The normalized spacial score (nSPS) is 11.0. The van der Waals surface area contributed by atoms with Crippen molar-refractivity contribution in [1.29, 1.82) is 0 Å². The topological polar surface area (TPSA) is 67.2 Å². The third-order valence-corrected chi connectivity index (χ3v) is 5.14. The lowest BCUT2D eigenvalue weighted by molar-refractivity contribution is -0.121. The fourth-order valence-electron chi connectivity index (χ4n) is 3.44. The molecule has 152 valence electrons. The first-order valence-electron chi connectivity index (χ1n) is 9.85. The van der Waals surface area contributed by atoms with E-state index in [1.54, 1.807) is 0 Å². The number of fused-ring (bicyclic) bond motifs is 1. The van der Waals surface area contributed by atoms with Crippen molar-refractivity contribution in [3.8, 4) is 16.9 Å². The van der Waals surface area contributed by atoms with E-state index in [-0.39, 0.29) is 19.1 Å². The summed E-state index contributed by atoms with van der Waals surface area (Å²) in [6.07, 6.45) is 0.815. The molecule has 0 fully saturated rings. The van der Waals surface area contributed by atoms with Crippen molar-refractivity contribution in [3.05, 3.63) is 83.5 Å². The third kappa shape index (κ3) is 4.53. The van der Waals surface area contributed by atoms with Crippen molar-refractivity contribution in [2.75, 3.05) is 13.2 Å². The fourth-order valence-corrected chi connectivity index (χ4v) is 3.62. The van der Waals surface area contributed by atoms with E-state index in [0.717, 1.165) is 28.0 Å². The summed E-state index contributed by atoms with van der Waals surface area (Å²) >= 11 is 6.21. The van der Waals surface area contributed by atoms with Gasteiger partial charge in [-0.25, -0.2) is 4.68 Å². The van der Waals surface area contributed by atoms with Crippen LogP contribution in [-0.2, 0) is 11.2 Å². The van der Waals surface area contributed by atoms with Crippen LogP contribution in [0.15, 0.2) is 72.8 Å². The van der Waals surface area contributed by atoms with Gasteiger partial charge in [0, 0.05) is 30.0 Å². The van der Waals surface area contributed by atoms with E-state index in [0.29, 0.717) is 17.9 Å². The van der Waals surface area contributed by atoms with Crippen molar-refractivity contribution in [3.63, 3.8) is 0 Å². The van der Waals surface area contributed by atoms with Crippen LogP contribution in [0.5, 0.6) is 0 Å². The number of rotatable bonds is 7. The molecule has 4 rings (SSSR count). The molecule has 30 heavy (non-hydrogen) atoms. The molecule has 1 heterocycles. The first kappa shape index (κ1) is 20.1. The summed E-state index contributed by atoms with van der Waals surface area (Å²) in [5.41, 5.74) is 3.66. The number of aryl methyl sites for hydroxylation is 1. The van der Waals surface area contributed by atoms with E-state index >= 15 is 0 Å². The predicted octanol–water partition coefficient (Wildman–Crippen LogP) is 4.39. The second kappa shape index (κ2) is 9.11. The minimum atomic E-state index is -0.103. The summed E-state index contributed by atoms with van der Waals surface area (Å²) in [5.74, 6) is -0.103. The van der Waals surface area contributed by atoms with Crippen molar-refractivity contribution in [2.24, 2.45) is 0 Å². The molecular formula is C24H22ClN3O2. The highest BCUT2D eigenvalue weighted by Gasteiger charge is 2.14. The highest BCUT2D eigenvalue weighted by molar-refractivity contribution is 6.30. The predicted molar refractivity (Wildman–Crippen MR) is 120 cm³/mol. The van der Waals surface area contributed by atoms with Gasteiger partial charge < -0.3 is 10.4 Å². The van der Waals surface area contributed by atoms with E-state index in [9.17, 15) is 4.79 Å². The maximum atomic E-state index is 11.9. The summed E-state index contributed by atoms with van der Waals surface area (Å²) in [6, 6.07) is 24.1. The molecule has 0 aliphatic heterocycles. The largest absolute Gasteiger partial charge is 0.395 e. The van der Waals surface area contributed by atoms with Gasteiger partial charge in [0.2, 0.25) is 5.91 Å². The third-order valence-electron chi connectivity index (χ3n) is 4.90. The van der Waals surface area contributed by atoms with Crippen LogP contribution in [-0.4, -0.2) is 33.9 Å². The van der Waals surface area contributed by atoms with Gasteiger partial charge in [-0.1, -0.05) is 54.1 Å². The Labute approximate surface area is 179 Å². The van der Waals surface area contributed by atoms with Crippen LogP contribution >= 0.6 is 11.6 Å². The van der Waals surface area contributed by atoms with Crippen molar-refractivity contribution in [1.82, 2.24) is 15.1 Å². The summed E-state index contributed by atoms with van der Waals surface area (Å²) in [5, 5.41) is 19.2. The number of halogens is 1. The van der Waals surface area contributed by atoms with Gasteiger partial charge in [-0.3, -0.25) is 4.79 Å². The number of aromatic nitrogens is 2. The van der Waals surface area contributed by atoms with Crippen molar-refractivity contribution >= 4 is 28.3 Å². The Morgan fingerprint density at radius 1 is 1.00 bits per heavy atom. The van der Waals surface area contributed by atoms with Crippen LogP contribution in [0.2, 0.25) is 5.02 Å². The highest BCUT2D eigenvalue weighted by Crippen LogP contribution is 2.28. The molecule has 0 spiro atoms. The zero-order valence-corrected chi connectivity index (χ0v) is 17.1. The monoisotopic (exact) mass is 419 g/mol. The van der Waals surface area contributed by atoms with Crippen molar-refractivity contribution < 1.29 is 9.90 Å². The standard InChI is InChI=1S/C24H22ClN3O2/c25-20-6-3-7-22(15-20)28-23(16-21(27-28)10-11-24(30)26-12-13-29)19-9-8-17-4-1-2-5-18(17)14-19/h1-9,14-16,29H,10-13H2,(H,26,30). The number of hydrogen-bond donors (Lipinski definition) is 2. The van der Waals surface area contributed by atoms with E-state index in [2.05, 4.69) is 35.6 Å². The Bertz CT molecular complexity index is 1190. The minimum Gasteiger partial charge on any atom is -0.395 e. The van der Waals surface area contributed by atoms with Gasteiger partial charge in [-0.05, 0) is 41.1 Å². The van der Waals surface area contributed by atoms with E-state index in [4.69, 9.17) is 21.8 Å². The van der Waals surface area contributed by atoms with Gasteiger partial charge in [-0.2, -0.15) is 5.10 Å². The Kier molecular flexibility index (Phi) is 6.12. The van der Waals surface area contributed by atoms with Crippen molar-refractivity contribution in [2.45, 2.75) is 12.8 Å². The average Bonchev–Trinajstić information content (AvgIpc) is 3.20. The molecule has 0 unspecified atom stereocenters. The Balaban J connectivity index is 1.71. The Hall–Kier alpha value is -3.15. The summed E-state index contributed by atoms with van der Waals surface area (Å²) in [4.78, 5) is 11.9. The van der Waals surface area contributed by atoms with E-state index in [1.807, 2.05) is 47.1 Å². The van der Waals surface area contributed by atoms with Crippen LogP contribution in [0, 0.1) is 0 Å². The molecule has 1 amide bonds. The number of carbonyl (C=O) groups excluding carboxylic acids is 1. The Morgan fingerprint density at radius 2 is 1.83 bits per heavy atom. The molecule has 1 aromatic heterocycles. The summed E-state index contributed by atoms with van der Waals surface area (Å²) in [6.45, 7) is 0.194. The van der Waals surface area contributed by atoms with Gasteiger partial charge in [0.05, 0.1) is 23.7 Å². The number of hydrogen-bond acceptors (Lipinski definition) is 3. The number of nitrogens with zero attached hydrogens (tertiary/aromatic N) is 2. The molecule has 0 saturated carbocycles. The lowest BCUT2D eigenvalue weighted by Gasteiger charge is -2.09. The summed E-state index contributed by atoms with van der Waals surface area (Å²) < 4.78 is 1.87. The number of nitrogens with one attached hydrogen (secondary N) is 1. The molecule has 2 N–H and O–H groups in total. The van der Waals surface area contributed by atoms with Gasteiger partial charge in [0.25, 0.3) is 0 Å². The molecule has 3 aromatic carbocycles. The number of aliphatic hydroxyl groups excluding tert-OH is 1. The molecule has 0 bridgehead atoms. The maximum Gasteiger partial charge on any atom is 0.220 e. The van der Waals surface area contributed by atoms with Gasteiger partial charge in [-0.15, -0.1) is 0 Å². The molecule has 0 radical (unpaired) electrons. The molecule has 0 saturated heterocycles. The molecule has 4 aromatic rings. The van der Waals surface area contributed by atoms with Crippen LogP contribution in [0.25, 0.3) is 27.7 Å². The molecule has 0 aliphatic carbocycles. The zero-order chi connectivity index (χ0) is 20.9. The highest BCUT2D eigenvalue weighted by atomic mass is 35.5. The Morgan fingerprint density at radius 3 is 2.63 bits per heavy atom. The molecule has 0 atom stereocenters. The quantitative estimate of drug-likeness (QED) is 0.467. The summed E-state index contributed by atoms with van der Waals surface area (Å²) in [7, 11) is 0. The second-order valence-electron chi connectivity index (χ2n) is 7.05. The first-order chi connectivity index (χ1) is 14.6. The van der Waals surface area contributed by atoms with Crippen LogP contribution in [0.3, 0.4) is 0 Å². The van der Waals surface area contributed by atoms with Crippen LogP contribution in [0.1, 0.15) is 12.1 Å². The number of carbonyl (C=O) groups is 1. The van der Waals surface area contributed by atoms with Gasteiger partial charge in [0.1, 0.15) is 0 Å². The van der Waals surface area contributed by atoms with Crippen LogP contribution in [0.4, 0.5) is 0 Å². The van der Waals surface area contributed by atoms with Gasteiger partial charge >= 0.3 is 0 Å². The smallest absolute Gasteiger partial charge is 0.220 e. The molecular weight excluding hydrogens is 398 g/mol. The number of amides is 1. The first-order valence-corrected chi connectivity index (χ1v) is 10.2. The molecule has 6 heteroatoms. The lowest BCUT2D eigenvalue weighted by Crippen LogP contribution is -2.26. The maximum absolute atomic E-state index is 11.9. The average molecular weight is 420 g/mol. The number of aliphatic hydroxyl groups is 1. The second-order valence-corrected chi connectivity index (χ2v) is 7.48. The molecule has 0 aliphatic rings. The van der Waals surface area contributed by atoms with E-state index in [1.165, 1.54) is 5.39 Å². The van der Waals surface area contributed by atoms with E-state index < -0.39 is 0 Å². The lowest BCUT2D eigenvalue weighted by atomic mass is 10.0. The molecule has 5 nitrogen and oxygen atoms in total. The SMILES string of the molecule is O=C(CCc1cc(-c2ccc3ccccc3c2)n(-c2cccc(Cl)c2)n1)NCCO.